The van der Waals surface area contributed by atoms with Gasteiger partial charge in [-0.2, -0.15) is 0 Å². The topological polar surface area (TPSA) is 21.3 Å². The van der Waals surface area contributed by atoms with Crippen LogP contribution in [0.4, 0.5) is 0 Å². The van der Waals surface area contributed by atoms with Crippen LogP contribution in [0.1, 0.15) is 66.2 Å². The lowest BCUT2D eigenvalue weighted by Gasteiger charge is -2.29. The van der Waals surface area contributed by atoms with Crippen molar-refractivity contribution >= 4 is 0 Å². The SMILES string of the molecule is CCC(CC)NCC(C)OC1CCC(C)CC1. The van der Waals surface area contributed by atoms with Crippen LogP contribution in [0.3, 0.4) is 0 Å². The first-order valence-electron chi connectivity index (χ1n) is 7.54. The van der Waals surface area contributed by atoms with Crippen LogP contribution in [0.15, 0.2) is 0 Å². The van der Waals surface area contributed by atoms with Gasteiger partial charge in [-0.05, 0) is 51.4 Å². The van der Waals surface area contributed by atoms with Gasteiger partial charge in [-0.3, -0.25) is 0 Å². The lowest BCUT2D eigenvalue weighted by molar-refractivity contribution is -0.0269. The summed E-state index contributed by atoms with van der Waals surface area (Å²) in [5.74, 6) is 0.910. The van der Waals surface area contributed by atoms with E-state index in [1.54, 1.807) is 0 Å². The van der Waals surface area contributed by atoms with Crippen molar-refractivity contribution in [1.82, 2.24) is 5.32 Å². The maximum atomic E-state index is 6.12. The normalized spacial score (nSPS) is 27.4. The van der Waals surface area contributed by atoms with Gasteiger partial charge in [0, 0.05) is 12.6 Å². The van der Waals surface area contributed by atoms with Gasteiger partial charge in [-0.25, -0.2) is 0 Å². The Morgan fingerprint density at radius 3 is 2.24 bits per heavy atom. The van der Waals surface area contributed by atoms with E-state index in [4.69, 9.17) is 4.74 Å². The highest BCUT2D eigenvalue weighted by atomic mass is 16.5. The van der Waals surface area contributed by atoms with Crippen LogP contribution in [0.5, 0.6) is 0 Å². The van der Waals surface area contributed by atoms with E-state index in [0.717, 1.165) is 12.5 Å². The lowest BCUT2D eigenvalue weighted by Crippen LogP contribution is -2.37. The largest absolute Gasteiger partial charge is 0.374 e. The highest BCUT2D eigenvalue weighted by molar-refractivity contribution is 4.72. The van der Waals surface area contributed by atoms with E-state index in [2.05, 4.69) is 33.0 Å². The average Bonchev–Trinajstić information content (AvgIpc) is 2.33. The minimum atomic E-state index is 0.356. The average molecular weight is 241 g/mol. The van der Waals surface area contributed by atoms with Crippen molar-refractivity contribution in [3.8, 4) is 0 Å². The molecule has 1 saturated carbocycles. The smallest absolute Gasteiger partial charge is 0.0675 e. The molecule has 2 nitrogen and oxygen atoms in total. The molecule has 1 unspecified atom stereocenters. The summed E-state index contributed by atoms with van der Waals surface area (Å²) >= 11 is 0. The van der Waals surface area contributed by atoms with E-state index >= 15 is 0 Å². The van der Waals surface area contributed by atoms with Crippen LogP contribution < -0.4 is 5.32 Å². The van der Waals surface area contributed by atoms with Crippen LogP contribution in [0, 0.1) is 5.92 Å². The minimum Gasteiger partial charge on any atom is -0.374 e. The predicted molar refractivity (Wildman–Crippen MR) is 74.3 cm³/mol. The number of nitrogens with one attached hydrogen (secondary N) is 1. The van der Waals surface area contributed by atoms with Crippen LogP contribution in [0.2, 0.25) is 0 Å². The van der Waals surface area contributed by atoms with Crippen LogP contribution in [0.25, 0.3) is 0 Å². The van der Waals surface area contributed by atoms with Gasteiger partial charge < -0.3 is 10.1 Å². The van der Waals surface area contributed by atoms with E-state index in [0.29, 0.717) is 18.2 Å². The van der Waals surface area contributed by atoms with E-state index in [-0.39, 0.29) is 0 Å². The van der Waals surface area contributed by atoms with Gasteiger partial charge in [0.15, 0.2) is 0 Å². The van der Waals surface area contributed by atoms with Gasteiger partial charge in [-0.1, -0.05) is 20.8 Å². The van der Waals surface area contributed by atoms with E-state index in [1.165, 1.54) is 38.5 Å². The first-order valence-corrected chi connectivity index (χ1v) is 7.54. The molecule has 0 aromatic rings. The summed E-state index contributed by atoms with van der Waals surface area (Å²) in [6, 6.07) is 0.660. The van der Waals surface area contributed by atoms with Crippen molar-refractivity contribution in [3.05, 3.63) is 0 Å². The third-order valence-electron chi connectivity index (χ3n) is 4.07. The number of hydrogen-bond donors (Lipinski definition) is 1. The molecule has 1 aliphatic rings. The Morgan fingerprint density at radius 2 is 1.71 bits per heavy atom. The van der Waals surface area contributed by atoms with Crippen molar-refractivity contribution in [2.24, 2.45) is 5.92 Å². The summed E-state index contributed by atoms with van der Waals surface area (Å²) in [6.07, 6.45) is 8.51. The molecule has 0 bridgehead atoms. The highest BCUT2D eigenvalue weighted by Gasteiger charge is 2.20. The fraction of sp³-hybridized carbons (Fsp3) is 1.00. The fourth-order valence-electron chi connectivity index (χ4n) is 2.65. The van der Waals surface area contributed by atoms with E-state index in [1.807, 2.05) is 0 Å². The second-order valence-corrected chi connectivity index (χ2v) is 5.75. The van der Waals surface area contributed by atoms with E-state index in [9.17, 15) is 0 Å². The predicted octanol–water partition coefficient (Wildman–Crippen LogP) is 3.75. The molecule has 0 saturated heterocycles. The molecule has 1 atom stereocenters. The minimum absolute atomic E-state index is 0.356. The molecule has 102 valence electrons. The van der Waals surface area contributed by atoms with Crippen molar-refractivity contribution in [2.75, 3.05) is 6.54 Å². The van der Waals surface area contributed by atoms with Gasteiger partial charge in [-0.15, -0.1) is 0 Å². The quantitative estimate of drug-likeness (QED) is 0.733. The molecule has 0 aromatic carbocycles. The lowest BCUT2D eigenvalue weighted by atomic mass is 9.89. The Hall–Kier alpha value is -0.0800. The van der Waals surface area contributed by atoms with Crippen LogP contribution in [-0.4, -0.2) is 24.8 Å². The molecule has 1 aliphatic carbocycles. The molecular weight excluding hydrogens is 210 g/mol. The third-order valence-corrected chi connectivity index (χ3v) is 4.07. The maximum Gasteiger partial charge on any atom is 0.0675 e. The molecule has 1 N–H and O–H groups in total. The zero-order chi connectivity index (χ0) is 12.7. The van der Waals surface area contributed by atoms with Crippen LogP contribution in [-0.2, 0) is 4.74 Å². The van der Waals surface area contributed by atoms with Gasteiger partial charge in [0.1, 0.15) is 0 Å². The second kappa shape index (κ2) is 8.10. The molecule has 0 radical (unpaired) electrons. The molecule has 1 rings (SSSR count). The highest BCUT2D eigenvalue weighted by Crippen LogP contribution is 2.26. The molecule has 0 aliphatic heterocycles. The maximum absolute atomic E-state index is 6.12. The van der Waals surface area contributed by atoms with Gasteiger partial charge in [0.25, 0.3) is 0 Å². The standard InChI is InChI=1S/C15H31NO/c1-5-14(6-2)16-11-13(4)17-15-9-7-12(3)8-10-15/h12-16H,5-11H2,1-4H3. The monoisotopic (exact) mass is 241 g/mol. The molecular formula is C15H31NO. The van der Waals surface area contributed by atoms with E-state index < -0.39 is 0 Å². The Labute approximate surface area is 108 Å². The second-order valence-electron chi connectivity index (χ2n) is 5.75. The zero-order valence-electron chi connectivity index (χ0n) is 12.2. The summed E-state index contributed by atoms with van der Waals surface area (Å²) in [7, 11) is 0. The summed E-state index contributed by atoms with van der Waals surface area (Å²) in [5.41, 5.74) is 0. The summed E-state index contributed by atoms with van der Waals surface area (Å²) in [6.45, 7) is 10.0. The molecule has 0 spiro atoms. The first kappa shape index (κ1) is 15.0. The number of ether oxygens (including phenoxy) is 1. The van der Waals surface area contributed by atoms with Crippen molar-refractivity contribution in [3.63, 3.8) is 0 Å². The van der Waals surface area contributed by atoms with Gasteiger partial charge in [0.05, 0.1) is 12.2 Å². The van der Waals surface area contributed by atoms with Crippen molar-refractivity contribution in [2.45, 2.75) is 84.5 Å². The van der Waals surface area contributed by atoms with Gasteiger partial charge >= 0.3 is 0 Å². The fourth-order valence-corrected chi connectivity index (χ4v) is 2.65. The molecule has 0 aromatic heterocycles. The number of rotatable bonds is 7. The Kier molecular flexibility index (Phi) is 7.14. The molecule has 1 fully saturated rings. The van der Waals surface area contributed by atoms with Crippen LogP contribution >= 0.6 is 0 Å². The first-order chi connectivity index (χ1) is 8.15. The Bertz CT molecular complexity index is 183. The van der Waals surface area contributed by atoms with Crippen molar-refractivity contribution in [1.29, 1.82) is 0 Å². The number of hydrogen-bond acceptors (Lipinski definition) is 2. The molecule has 2 heteroatoms. The van der Waals surface area contributed by atoms with Crippen molar-refractivity contribution < 1.29 is 4.74 Å². The van der Waals surface area contributed by atoms with Gasteiger partial charge in [0.2, 0.25) is 0 Å². The summed E-state index contributed by atoms with van der Waals surface area (Å²) in [5, 5.41) is 3.59. The summed E-state index contributed by atoms with van der Waals surface area (Å²) < 4.78 is 6.12. The Morgan fingerprint density at radius 1 is 1.12 bits per heavy atom. The molecule has 17 heavy (non-hydrogen) atoms. The summed E-state index contributed by atoms with van der Waals surface area (Å²) in [4.78, 5) is 0. The Balaban J connectivity index is 2.14. The third kappa shape index (κ3) is 5.87. The zero-order valence-corrected chi connectivity index (χ0v) is 12.2. The molecule has 0 heterocycles. The molecule has 0 amide bonds.